The van der Waals surface area contributed by atoms with Crippen LogP contribution in [0.3, 0.4) is 0 Å². The van der Waals surface area contributed by atoms with Crippen LogP contribution in [-0.2, 0) is 0 Å². The van der Waals surface area contributed by atoms with Gasteiger partial charge in [-0.3, -0.25) is 0 Å². The molecule has 17 heavy (non-hydrogen) atoms. The first-order valence-corrected chi connectivity index (χ1v) is 7.66. The molecule has 100 valence electrons. The largest absolute Gasteiger partial charge is 0.0602 e. The molecule has 2 bridgehead atoms. The van der Waals surface area contributed by atoms with Crippen molar-refractivity contribution >= 4 is 0 Å². The molecule has 0 aliphatic heterocycles. The van der Waals surface area contributed by atoms with E-state index in [-0.39, 0.29) is 0 Å². The van der Waals surface area contributed by atoms with Gasteiger partial charge in [0.25, 0.3) is 0 Å². The van der Waals surface area contributed by atoms with Gasteiger partial charge in [-0.15, -0.1) is 0 Å². The molecule has 0 amide bonds. The molecule has 4 unspecified atom stereocenters. The van der Waals surface area contributed by atoms with Crippen molar-refractivity contribution in [3.8, 4) is 0 Å². The zero-order chi connectivity index (χ0) is 12.8. The Morgan fingerprint density at radius 1 is 0.706 bits per heavy atom. The average Bonchev–Trinajstić information content (AvgIpc) is 2.63. The molecule has 2 fully saturated rings. The van der Waals surface area contributed by atoms with E-state index in [1.807, 2.05) is 0 Å². The Labute approximate surface area is 109 Å². The van der Waals surface area contributed by atoms with Crippen molar-refractivity contribution in [2.75, 3.05) is 0 Å². The van der Waals surface area contributed by atoms with E-state index in [9.17, 15) is 0 Å². The first kappa shape index (κ1) is 13.4. The van der Waals surface area contributed by atoms with Crippen molar-refractivity contribution in [1.29, 1.82) is 0 Å². The molecule has 0 aromatic carbocycles. The zero-order valence-corrected chi connectivity index (χ0v) is 12.8. The predicted molar refractivity (Wildman–Crippen MR) is 76.0 cm³/mol. The zero-order valence-electron chi connectivity index (χ0n) is 12.8. The summed E-state index contributed by atoms with van der Waals surface area (Å²) in [6, 6.07) is 0. The minimum atomic E-state index is 0.519. The highest BCUT2D eigenvalue weighted by Crippen LogP contribution is 2.57. The van der Waals surface area contributed by atoms with Crippen LogP contribution in [0.25, 0.3) is 0 Å². The normalized spacial score (nSPS) is 37.8. The smallest absolute Gasteiger partial charge is 0.0349 e. The van der Waals surface area contributed by atoms with Gasteiger partial charge in [0.05, 0.1) is 0 Å². The van der Waals surface area contributed by atoms with Crippen LogP contribution in [0.5, 0.6) is 0 Å². The van der Waals surface area contributed by atoms with Gasteiger partial charge in [0.2, 0.25) is 0 Å². The van der Waals surface area contributed by atoms with Gasteiger partial charge in [-0.05, 0) is 66.6 Å². The Hall–Kier alpha value is 0. The number of fused-ring (bicyclic) bond motifs is 2. The van der Waals surface area contributed by atoms with Gasteiger partial charge in [-0.25, -0.2) is 0 Å². The van der Waals surface area contributed by atoms with Crippen LogP contribution in [0, 0.1) is 34.5 Å². The molecule has 0 saturated heterocycles. The second-order valence-corrected chi connectivity index (χ2v) is 9.19. The Kier molecular flexibility index (Phi) is 3.38. The summed E-state index contributed by atoms with van der Waals surface area (Å²) in [5.74, 6) is 4.22. The van der Waals surface area contributed by atoms with Gasteiger partial charge in [0.15, 0.2) is 0 Å². The summed E-state index contributed by atoms with van der Waals surface area (Å²) in [6.07, 6.45) is 7.53. The van der Waals surface area contributed by atoms with Crippen molar-refractivity contribution in [1.82, 2.24) is 0 Å². The van der Waals surface area contributed by atoms with E-state index in [2.05, 4.69) is 41.5 Å². The van der Waals surface area contributed by atoms with Crippen LogP contribution in [0.1, 0.15) is 73.6 Å². The van der Waals surface area contributed by atoms with Gasteiger partial charge in [0.1, 0.15) is 0 Å². The second-order valence-electron chi connectivity index (χ2n) is 9.19. The highest BCUT2D eigenvalue weighted by atomic mass is 14.5. The highest BCUT2D eigenvalue weighted by molar-refractivity contribution is 4.98. The van der Waals surface area contributed by atoms with Crippen molar-refractivity contribution in [3.63, 3.8) is 0 Å². The molecular weight excluding hydrogens is 204 g/mol. The number of hydrogen-bond donors (Lipinski definition) is 0. The van der Waals surface area contributed by atoms with Crippen LogP contribution in [0.15, 0.2) is 0 Å². The molecular formula is C17H32. The first-order chi connectivity index (χ1) is 7.66. The lowest BCUT2D eigenvalue weighted by Gasteiger charge is -2.38. The van der Waals surface area contributed by atoms with E-state index >= 15 is 0 Å². The fourth-order valence-corrected chi connectivity index (χ4v) is 4.58. The van der Waals surface area contributed by atoms with E-state index in [0.717, 1.165) is 23.7 Å². The van der Waals surface area contributed by atoms with Gasteiger partial charge < -0.3 is 0 Å². The average molecular weight is 236 g/mol. The van der Waals surface area contributed by atoms with Gasteiger partial charge in [-0.1, -0.05) is 41.5 Å². The fourth-order valence-electron chi connectivity index (χ4n) is 4.58. The van der Waals surface area contributed by atoms with Crippen LogP contribution < -0.4 is 0 Å². The Morgan fingerprint density at radius 3 is 1.35 bits per heavy atom. The first-order valence-electron chi connectivity index (χ1n) is 7.66. The molecule has 0 heteroatoms. The van der Waals surface area contributed by atoms with Gasteiger partial charge in [-0.2, -0.15) is 0 Å². The van der Waals surface area contributed by atoms with Crippen LogP contribution in [0.2, 0.25) is 0 Å². The number of rotatable bonds is 2. The summed E-state index contributed by atoms with van der Waals surface area (Å²) in [5.41, 5.74) is 1.04. The molecule has 0 aromatic rings. The lowest BCUT2D eigenvalue weighted by atomic mass is 9.67. The Morgan fingerprint density at radius 2 is 1.06 bits per heavy atom. The lowest BCUT2D eigenvalue weighted by molar-refractivity contribution is 0.117. The van der Waals surface area contributed by atoms with Crippen molar-refractivity contribution < 1.29 is 0 Å². The molecule has 0 aromatic heterocycles. The molecule has 2 aliphatic carbocycles. The maximum Gasteiger partial charge on any atom is -0.0349 e. The Bertz CT molecular complexity index is 235. The summed E-state index contributed by atoms with van der Waals surface area (Å²) in [4.78, 5) is 0. The summed E-state index contributed by atoms with van der Waals surface area (Å²) in [6.45, 7) is 14.5. The molecule has 2 saturated carbocycles. The van der Waals surface area contributed by atoms with Crippen LogP contribution in [-0.4, -0.2) is 0 Å². The van der Waals surface area contributed by atoms with E-state index in [1.165, 1.54) is 25.7 Å². The molecule has 2 aliphatic rings. The molecule has 0 radical (unpaired) electrons. The maximum atomic E-state index is 2.42. The summed E-state index contributed by atoms with van der Waals surface area (Å²) in [7, 11) is 0. The maximum absolute atomic E-state index is 2.42. The third-order valence-electron chi connectivity index (χ3n) is 4.97. The van der Waals surface area contributed by atoms with Crippen molar-refractivity contribution in [2.24, 2.45) is 34.5 Å². The van der Waals surface area contributed by atoms with Crippen LogP contribution in [0.4, 0.5) is 0 Å². The molecule has 0 N–H and O–H groups in total. The van der Waals surface area contributed by atoms with Gasteiger partial charge in [0, 0.05) is 0 Å². The fraction of sp³-hybridized carbons (Fsp3) is 1.00. The van der Waals surface area contributed by atoms with E-state index in [1.54, 1.807) is 6.42 Å². The molecule has 0 nitrogen and oxygen atoms in total. The standard InChI is InChI=1S/C17H32/c1-16(2,3)10-14-12-7-8-13(9-12)15(14)11-17(4,5)6/h12-15H,7-11H2,1-6H3. The highest BCUT2D eigenvalue weighted by Gasteiger charge is 2.48. The van der Waals surface area contributed by atoms with E-state index in [0.29, 0.717) is 10.8 Å². The second kappa shape index (κ2) is 4.28. The summed E-state index contributed by atoms with van der Waals surface area (Å²) < 4.78 is 0. The molecule has 2 rings (SSSR count). The summed E-state index contributed by atoms with van der Waals surface area (Å²) in [5, 5.41) is 0. The molecule has 4 atom stereocenters. The minimum absolute atomic E-state index is 0.519. The minimum Gasteiger partial charge on any atom is -0.0602 e. The van der Waals surface area contributed by atoms with Gasteiger partial charge >= 0.3 is 0 Å². The lowest BCUT2D eigenvalue weighted by Crippen LogP contribution is -2.29. The SMILES string of the molecule is CC(C)(C)CC1C2CCC(C2)C1CC(C)(C)C. The quantitative estimate of drug-likeness (QED) is 0.592. The molecule has 0 spiro atoms. The third kappa shape index (κ3) is 3.26. The van der Waals surface area contributed by atoms with Crippen molar-refractivity contribution in [2.45, 2.75) is 73.6 Å². The van der Waals surface area contributed by atoms with Crippen LogP contribution >= 0.6 is 0 Å². The van der Waals surface area contributed by atoms with E-state index < -0.39 is 0 Å². The molecule has 0 heterocycles. The summed E-state index contributed by atoms with van der Waals surface area (Å²) >= 11 is 0. The topological polar surface area (TPSA) is 0 Å². The predicted octanol–water partition coefficient (Wildman–Crippen LogP) is 5.52. The van der Waals surface area contributed by atoms with Crippen molar-refractivity contribution in [3.05, 3.63) is 0 Å². The van der Waals surface area contributed by atoms with E-state index in [4.69, 9.17) is 0 Å². The third-order valence-corrected chi connectivity index (χ3v) is 4.97. The monoisotopic (exact) mass is 236 g/mol. The number of hydrogen-bond acceptors (Lipinski definition) is 0. The Balaban J connectivity index is 2.06.